The molecule has 5 atom stereocenters. The molecule has 3 aliphatic rings. The van der Waals surface area contributed by atoms with Gasteiger partial charge in [0.25, 0.3) is 0 Å². The fraction of sp³-hybridized carbons (Fsp3) is 0.941. The van der Waals surface area contributed by atoms with Gasteiger partial charge in [0.2, 0.25) is 0 Å². The van der Waals surface area contributed by atoms with Crippen molar-refractivity contribution >= 4 is 5.97 Å². The van der Waals surface area contributed by atoms with Crippen molar-refractivity contribution in [2.75, 3.05) is 0 Å². The Balaban J connectivity index is 1.97. The van der Waals surface area contributed by atoms with E-state index >= 15 is 0 Å². The maximum Gasteiger partial charge on any atom is 0.302 e. The minimum atomic E-state index is -0.111. The SMILES string of the molecule is CC(=O)OC1CC(C)(C)C2CC3(C)CCC2C3(C)C1. The van der Waals surface area contributed by atoms with Gasteiger partial charge >= 0.3 is 5.97 Å². The lowest BCUT2D eigenvalue weighted by atomic mass is 9.64. The topological polar surface area (TPSA) is 26.3 Å². The first kappa shape index (κ1) is 13.5. The second-order valence-electron chi connectivity index (χ2n) is 8.56. The van der Waals surface area contributed by atoms with Gasteiger partial charge in [-0.05, 0) is 60.2 Å². The number of rotatable bonds is 1. The molecule has 0 amide bonds. The Labute approximate surface area is 117 Å². The molecule has 0 aliphatic heterocycles. The van der Waals surface area contributed by atoms with Crippen LogP contribution in [-0.2, 0) is 9.53 Å². The second-order valence-corrected chi connectivity index (χ2v) is 8.56. The fourth-order valence-electron chi connectivity index (χ4n) is 5.95. The second kappa shape index (κ2) is 3.77. The van der Waals surface area contributed by atoms with Gasteiger partial charge in [0.05, 0.1) is 0 Å². The summed E-state index contributed by atoms with van der Waals surface area (Å²) in [7, 11) is 0. The van der Waals surface area contributed by atoms with Crippen molar-refractivity contribution in [2.45, 2.75) is 72.8 Å². The Morgan fingerprint density at radius 1 is 1.05 bits per heavy atom. The van der Waals surface area contributed by atoms with Crippen LogP contribution in [0.1, 0.15) is 66.7 Å². The lowest BCUT2D eigenvalue weighted by molar-refractivity contribution is -0.150. The molecule has 0 aromatic carbocycles. The first-order valence-electron chi connectivity index (χ1n) is 7.85. The lowest BCUT2D eigenvalue weighted by Crippen LogP contribution is -2.37. The van der Waals surface area contributed by atoms with Crippen molar-refractivity contribution in [3.05, 3.63) is 0 Å². The number of carbonyl (C=O) groups excluding carboxylic acids is 1. The zero-order chi connectivity index (χ0) is 14.1. The first-order chi connectivity index (χ1) is 8.68. The number of hydrogen-bond donors (Lipinski definition) is 0. The quantitative estimate of drug-likeness (QED) is 0.664. The molecule has 0 aromatic rings. The summed E-state index contributed by atoms with van der Waals surface area (Å²) in [5.74, 6) is 1.55. The van der Waals surface area contributed by atoms with Crippen LogP contribution < -0.4 is 0 Å². The van der Waals surface area contributed by atoms with Crippen molar-refractivity contribution < 1.29 is 9.53 Å². The molecule has 0 spiro atoms. The highest BCUT2D eigenvalue weighted by Crippen LogP contribution is 2.74. The van der Waals surface area contributed by atoms with Crippen LogP contribution in [0.5, 0.6) is 0 Å². The molecule has 0 radical (unpaired) electrons. The molecule has 3 saturated carbocycles. The smallest absolute Gasteiger partial charge is 0.302 e. The van der Waals surface area contributed by atoms with E-state index in [9.17, 15) is 4.79 Å². The molecule has 5 unspecified atom stereocenters. The van der Waals surface area contributed by atoms with Crippen LogP contribution in [0.2, 0.25) is 0 Å². The summed E-state index contributed by atoms with van der Waals surface area (Å²) >= 11 is 0. The molecule has 19 heavy (non-hydrogen) atoms. The minimum Gasteiger partial charge on any atom is -0.463 e. The molecule has 0 aromatic heterocycles. The number of esters is 1. The molecule has 3 aliphatic carbocycles. The number of hydrogen-bond acceptors (Lipinski definition) is 2. The van der Waals surface area contributed by atoms with Crippen molar-refractivity contribution in [1.82, 2.24) is 0 Å². The molecule has 2 heteroatoms. The van der Waals surface area contributed by atoms with Gasteiger partial charge in [-0.1, -0.05) is 27.7 Å². The van der Waals surface area contributed by atoms with Gasteiger partial charge in [0.15, 0.2) is 0 Å². The van der Waals surface area contributed by atoms with E-state index in [-0.39, 0.29) is 12.1 Å². The average molecular weight is 264 g/mol. The molecular weight excluding hydrogens is 236 g/mol. The fourth-order valence-corrected chi connectivity index (χ4v) is 5.95. The molecule has 108 valence electrons. The predicted octanol–water partition coefficient (Wildman–Crippen LogP) is 4.18. The molecule has 0 N–H and O–H groups in total. The van der Waals surface area contributed by atoms with Crippen LogP contribution in [0, 0.1) is 28.1 Å². The van der Waals surface area contributed by atoms with E-state index in [1.165, 1.54) is 19.3 Å². The van der Waals surface area contributed by atoms with Crippen molar-refractivity contribution in [3.63, 3.8) is 0 Å². The van der Waals surface area contributed by atoms with Crippen LogP contribution in [0.4, 0.5) is 0 Å². The van der Waals surface area contributed by atoms with E-state index < -0.39 is 0 Å². The zero-order valence-corrected chi connectivity index (χ0v) is 13.1. The molecule has 0 heterocycles. The van der Waals surface area contributed by atoms with E-state index in [1.54, 1.807) is 6.92 Å². The molecule has 0 saturated heterocycles. The highest BCUT2D eigenvalue weighted by atomic mass is 16.5. The van der Waals surface area contributed by atoms with Crippen molar-refractivity contribution in [1.29, 1.82) is 0 Å². The van der Waals surface area contributed by atoms with E-state index in [0.717, 1.165) is 24.7 Å². The van der Waals surface area contributed by atoms with Gasteiger partial charge in [-0.25, -0.2) is 0 Å². The van der Waals surface area contributed by atoms with Crippen LogP contribution in [-0.4, -0.2) is 12.1 Å². The summed E-state index contributed by atoms with van der Waals surface area (Å²) < 4.78 is 5.66. The summed E-state index contributed by atoms with van der Waals surface area (Å²) in [5, 5.41) is 0. The van der Waals surface area contributed by atoms with E-state index in [0.29, 0.717) is 16.2 Å². The third-order valence-electron chi connectivity index (χ3n) is 7.10. The highest BCUT2D eigenvalue weighted by molar-refractivity contribution is 5.66. The molecule has 4 bridgehead atoms. The minimum absolute atomic E-state index is 0.111. The van der Waals surface area contributed by atoms with Crippen LogP contribution in [0.25, 0.3) is 0 Å². The van der Waals surface area contributed by atoms with Gasteiger partial charge in [-0.15, -0.1) is 0 Å². The summed E-state index contributed by atoms with van der Waals surface area (Å²) in [6, 6.07) is 0. The monoisotopic (exact) mass is 264 g/mol. The lowest BCUT2D eigenvalue weighted by Gasteiger charge is -2.43. The van der Waals surface area contributed by atoms with Crippen LogP contribution in [0.3, 0.4) is 0 Å². The Morgan fingerprint density at radius 2 is 1.74 bits per heavy atom. The van der Waals surface area contributed by atoms with Crippen LogP contribution >= 0.6 is 0 Å². The van der Waals surface area contributed by atoms with Crippen molar-refractivity contribution in [2.24, 2.45) is 28.1 Å². The summed E-state index contributed by atoms with van der Waals surface area (Å²) in [5.41, 5.74) is 1.16. The van der Waals surface area contributed by atoms with Gasteiger partial charge in [0.1, 0.15) is 6.10 Å². The third kappa shape index (κ3) is 1.71. The largest absolute Gasteiger partial charge is 0.463 e. The molecule has 3 rings (SSSR count). The maximum absolute atomic E-state index is 11.4. The molecule has 2 nitrogen and oxygen atoms in total. The van der Waals surface area contributed by atoms with E-state index in [2.05, 4.69) is 27.7 Å². The van der Waals surface area contributed by atoms with E-state index in [1.807, 2.05) is 0 Å². The summed E-state index contributed by atoms with van der Waals surface area (Å²) in [4.78, 5) is 11.4. The first-order valence-corrected chi connectivity index (χ1v) is 7.85. The van der Waals surface area contributed by atoms with Crippen LogP contribution in [0.15, 0.2) is 0 Å². The third-order valence-corrected chi connectivity index (χ3v) is 7.10. The Morgan fingerprint density at radius 3 is 2.37 bits per heavy atom. The number of ether oxygens (including phenoxy) is 1. The maximum atomic E-state index is 11.4. The Bertz CT molecular complexity index is 413. The van der Waals surface area contributed by atoms with Gasteiger partial charge in [-0.2, -0.15) is 0 Å². The van der Waals surface area contributed by atoms with Gasteiger partial charge < -0.3 is 4.74 Å². The van der Waals surface area contributed by atoms with Gasteiger partial charge in [0, 0.05) is 6.92 Å². The normalized spacial score (nSPS) is 50.9. The Hall–Kier alpha value is -0.530. The molecular formula is C17H28O2. The average Bonchev–Trinajstić information content (AvgIpc) is 2.57. The molecule has 3 fully saturated rings. The Kier molecular flexibility index (Phi) is 2.67. The summed E-state index contributed by atoms with van der Waals surface area (Å²) in [6.45, 7) is 11.3. The van der Waals surface area contributed by atoms with E-state index in [4.69, 9.17) is 4.74 Å². The van der Waals surface area contributed by atoms with Gasteiger partial charge in [-0.3, -0.25) is 4.79 Å². The zero-order valence-electron chi connectivity index (χ0n) is 13.1. The number of carbonyl (C=O) groups is 1. The standard InChI is InChI=1S/C17H28O2/c1-11(18)19-12-8-15(2,3)14-10-16(4)7-6-13(14)17(16,5)9-12/h12-14H,6-10H2,1-5H3. The predicted molar refractivity (Wildman–Crippen MR) is 75.6 cm³/mol. The summed E-state index contributed by atoms with van der Waals surface area (Å²) in [6.07, 6.45) is 6.38. The van der Waals surface area contributed by atoms with Crippen molar-refractivity contribution in [3.8, 4) is 0 Å². The highest BCUT2D eigenvalue weighted by Gasteiger charge is 2.67.